The summed E-state index contributed by atoms with van der Waals surface area (Å²) in [5.74, 6) is 0.0717. The lowest BCUT2D eigenvalue weighted by Crippen LogP contribution is -2.41. The molecule has 2 atom stereocenters. The fourth-order valence-corrected chi connectivity index (χ4v) is 2.77. The highest BCUT2D eigenvalue weighted by atomic mass is 35.5. The van der Waals surface area contributed by atoms with Gasteiger partial charge in [0.2, 0.25) is 0 Å². The van der Waals surface area contributed by atoms with Gasteiger partial charge in [-0.1, -0.05) is 29.8 Å². The van der Waals surface area contributed by atoms with E-state index in [1.54, 1.807) is 6.20 Å². The van der Waals surface area contributed by atoms with Gasteiger partial charge in [0.05, 0.1) is 0 Å². The minimum absolute atomic E-state index is 0.0717. The second-order valence-electron chi connectivity index (χ2n) is 7.16. The minimum atomic E-state index is -0.524. The Kier molecular flexibility index (Phi) is 6.43. The number of amides is 1. The van der Waals surface area contributed by atoms with E-state index in [1.807, 2.05) is 70.3 Å². The van der Waals surface area contributed by atoms with Gasteiger partial charge < -0.3 is 10.1 Å². The van der Waals surface area contributed by atoms with E-state index < -0.39 is 11.7 Å². The summed E-state index contributed by atoms with van der Waals surface area (Å²) in [5, 5.41) is 3.66. The van der Waals surface area contributed by atoms with Crippen molar-refractivity contribution in [2.75, 3.05) is 0 Å². The molecule has 0 saturated heterocycles. The quantitative estimate of drug-likeness (QED) is 0.818. The molecule has 0 bridgehead atoms. The van der Waals surface area contributed by atoms with E-state index in [4.69, 9.17) is 16.3 Å². The van der Waals surface area contributed by atoms with E-state index in [2.05, 4.69) is 10.3 Å². The van der Waals surface area contributed by atoms with Crippen LogP contribution < -0.4 is 5.32 Å². The third kappa shape index (κ3) is 6.39. The van der Waals surface area contributed by atoms with E-state index in [0.29, 0.717) is 5.02 Å². The molecule has 4 nitrogen and oxygen atoms in total. The van der Waals surface area contributed by atoms with Crippen LogP contribution in [0, 0.1) is 0 Å². The van der Waals surface area contributed by atoms with Gasteiger partial charge in [-0.25, -0.2) is 4.79 Å². The van der Waals surface area contributed by atoms with Gasteiger partial charge in [0, 0.05) is 29.4 Å². The van der Waals surface area contributed by atoms with Crippen molar-refractivity contribution in [3.8, 4) is 0 Å². The molecule has 134 valence electrons. The van der Waals surface area contributed by atoms with Gasteiger partial charge >= 0.3 is 6.09 Å². The number of halogens is 1. The summed E-state index contributed by atoms with van der Waals surface area (Å²) in [4.78, 5) is 16.4. The summed E-state index contributed by atoms with van der Waals surface area (Å²) >= 11 is 5.97. The number of nitrogens with one attached hydrogen (secondary N) is 1. The lowest BCUT2D eigenvalue weighted by molar-refractivity contribution is 0.0501. The van der Waals surface area contributed by atoms with Crippen molar-refractivity contribution >= 4 is 17.7 Å². The van der Waals surface area contributed by atoms with Gasteiger partial charge in [0.15, 0.2) is 0 Å². The fraction of sp³-hybridized carbons (Fsp3) is 0.400. The molecule has 1 heterocycles. The average Bonchev–Trinajstić information content (AvgIpc) is 2.53. The molecule has 1 amide bonds. The summed E-state index contributed by atoms with van der Waals surface area (Å²) in [7, 11) is 0. The Morgan fingerprint density at radius 2 is 1.92 bits per heavy atom. The normalized spacial score (nSPS) is 13.8. The molecule has 0 aliphatic heterocycles. The van der Waals surface area contributed by atoms with Crippen molar-refractivity contribution in [2.45, 2.75) is 51.7 Å². The molecular formula is C20H25ClN2O2. The van der Waals surface area contributed by atoms with Gasteiger partial charge in [0.25, 0.3) is 0 Å². The third-order valence-corrected chi connectivity index (χ3v) is 4.08. The number of benzene rings is 1. The maximum atomic E-state index is 12.1. The Hall–Kier alpha value is -2.07. The number of pyridine rings is 1. The Morgan fingerprint density at radius 1 is 1.24 bits per heavy atom. The maximum Gasteiger partial charge on any atom is 0.407 e. The second kappa shape index (κ2) is 8.34. The van der Waals surface area contributed by atoms with Crippen LogP contribution in [0.4, 0.5) is 4.79 Å². The molecule has 25 heavy (non-hydrogen) atoms. The van der Waals surface area contributed by atoms with E-state index in [1.165, 1.54) is 0 Å². The smallest absolute Gasteiger partial charge is 0.407 e. The standard InChI is InChI=1S/C20H25ClN2O2/c1-14(23-19(24)25-20(2,3)4)18(16-6-5-11-22-13-16)12-15-7-9-17(21)10-8-15/h5-11,13-14,18H,12H2,1-4H3,(H,23,24). The van der Waals surface area contributed by atoms with Crippen LogP contribution in [0.2, 0.25) is 5.02 Å². The Bertz CT molecular complexity index is 681. The number of hydrogen-bond acceptors (Lipinski definition) is 3. The van der Waals surface area contributed by atoms with Crippen LogP contribution in [0.15, 0.2) is 48.8 Å². The number of aromatic nitrogens is 1. The number of hydrogen-bond donors (Lipinski definition) is 1. The SMILES string of the molecule is CC(NC(=O)OC(C)(C)C)C(Cc1ccc(Cl)cc1)c1cccnc1. The first-order chi connectivity index (χ1) is 11.7. The van der Waals surface area contributed by atoms with Crippen LogP contribution in [0.25, 0.3) is 0 Å². The first-order valence-electron chi connectivity index (χ1n) is 8.38. The summed E-state index contributed by atoms with van der Waals surface area (Å²) in [6.45, 7) is 7.54. The van der Waals surface area contributed by atoms with Crippen molar-refractivity contribution in [3.63, 3.8) is 0 Å². The van der Waals surface area contributed by atoms with E-state index in [9.17, 15) is 4.79 Å². The first kappa shape index (κ1) is 19.3. The van der Waals surface area contributed by atoms with Gasteiger partial charge in [-0.2, -0.15) is 0 Å². The predicted octanol–water partition coefficient (Wildman–Crippen LogP) is 4.97. The van der Waals surface area contributed by atoms with Crippen LogP contribution in [-0.4, -0.2) is 22.7 Å². The highest BCUT2D eigenvalue weighted by Crippen LogP contribution is 2.25. The van der Waals surface area contributed by atoms with Gasteiger partial charge in [0.1, 0.15) is 5.60 Å². The van der Waals surface area contributed by atoms with Crippen molar-refractivity contribution in [1.29, 1.82) is 0 Å². The molecule has 0 spiro atoms. The molecule has 1 aromatic carbocycles. The summed E-state index contributed by atoms with van der Waals surface area (Å²) < 4.78 is 5.38. The molecule has 0 aliphatic carbocycles. The third-order valence-electron chi connectivity index (χ3n) is 3.83. The van der Waals surface area contributed by atoms with Crippen molar-refractivity contribution in [2.24, 2.45) is 0 Å². The number of carbonyl (C=O) groups excluding carboxylic acids is 1. The zero-order valence-electron chi connectivity index (χ0n) is 15.1. The topological polar surface area (TPSA) is 51.2 Å². The summed E-state index contributed by atoms with van der Waals surface area (Å²) in [6.07, 6.45) is 3.94. The number of carbonyl (C=O) groups is 1. The molecule has 1 N–H and O–H groups in total. The predicted molar refractivity (Wildman–Crippen MR) is 101 cm³/mol. The van der Waals surface area contributed by atoms with Crippen LogP contribution in [0.1, 0.15) is 44.7 Å². The second-order valence-corrected chi connectivity index (χ2v) is 7.59. The number of nitrogens with zero attached hydrogens (tertiary/aromatic N) is 1. The molecule has 0 radical (unpaired) electrons. The molecule has 2 unspecified atom stereocenters. The Labute approximate surface area is 154 Å². The number of rotatable bonds is 5. The fourth-order valence-electron chi connectivity index (χ4n) is 2.65. The molecule has 1 aromatic heterocycles. The average molecular weight is 361 g/mol. The number of ether oxygens (including phenoxy) is 1. The molecule has 0 fully saturated rings. The minimum Gasteiger partial charge on any atom is -0.444 e. The van der Waals surface area contributed by atoms with Crippen LogP contribution in [-0.2, 0) is 11.2 Å². The Balaban J connectivity index is 2.16. The van der Waals surface area contributed by atoms with E-state index in [0.717, 1.165) is 17.5 Å². The number of alkyl carbamates (subject to hydrolysis) is 1. The van der Waals surface area contributed by atoms with Gasteiger partial charge in [-0.05, 0) is 63.4 Å². The highest BCUT2D eigenvalue weighted by Gasteiger charge is 2.24. The zero-order valence-corrected chi connectivity index (χ0v) is 15.9. The van der Waals surface area contributed by atoms with Crippen molar-refractivity contribution in [1.82, 2.24) is 10.3 Å². The van der Waals surface area contributed by atoms with E-state index in [-0.39, 0.29) is 12.0 Å². The molecular weight excluding hydrogens is 336 g/mol. The Morgan fingerprint density at radius 3 is 2.48 bits per heavy atom. The van der Waals surface area contributed by atoms with Crippen LogP contribution in [0.3, 0.4) is 0 Å². The maximum absolute atomic E-state index is 12.1. The van der Waals surface area contributed by atoms with Crippen molar-refractivity contribution < 1.29 is 9.53 Å². The van der Waals surface area contributed by atoms with Crippen LogP contribution in [0.5, 0.6) is 0 Å². The summed E-state index contributed by atoms with van der Waals surface area (Å²) in [6, 6.07) is 11.6. The van der Waals surface area contributed by atoms with E-state index >= 15 is 0 Å². The molecule has 0 aliphatic rings. The highest BCUT2D eigenvalue weighted by molar-refractivity contribution is 6.30. The van der Waals surface area contributed by atoms with Gasteiger partial charge in [-0.3, -0.25) is 4.98 Å². The lowest BCUT2D eigenvalue weighted by atomic mass is 9.87. The lowest BCUT2D eigenvalue weighted by Gasteiger charge is -2.27. The van der Waals surface area contributed by atoms with Gasteiger partial charge in [-0.15, -0.1) is 0 Å². The molecule has 0 saturated carbocycles. The zero-order chi connectivity index (χ0) is 18.4. The molecule has 2 aromatic rings. The molecule has 5 heteroatoms. The first-order valence-corrected chi connectivity index (χ1v) is 8.76. The van der Waals surface area contributed by atoms with Crippen molar-refractivity contribution in [3.05, 3.63) is 64.9 Å². The molecule has 2 rings (SSSR count). The summed E-state index contributed by atoms with van der Waals surface area (Å²) in [5.41, 5.74) is 1.70. The largest absolute Gasteiger partial charge is 0.444 e. The van der Waals surface area contributed by atoms with Crippen LogP contribution >= 0.6 is 11.6 Å². The monoisotopic (exact) mass is 360 g/mol.